The number of ether oxygens (including phenoxy) is 1. The van der Waals surface area contributed by atoms with Gasteiger partial charge in [-0.25, -0.2) is 9.67 Å². The molecule has 1 heterocycles. The summed E-state index contributed by atoms with van der Waals surface area (Å²) < 4.78 is 6.72. The standard InChI is InChI=1S/C14H18ClN3O2S/c1-11(21-10-20-2)14(19,7-18-9-16-8-17-18)12-3-5-13(15)6-4-12/h3-6,8-9,11,19H,7,10H2,1-2H3/t11-,14-/m1/s1. The average molecular weight is 328 g/mol. The minimum atomic E-state index is -1.10. The molecule has 7 heteroatoms. The van der Waals surface area contributed by atoms with Crippen molar-refractivity contribution in [1.82, 2.24) is 14.8 Å². The fourth-order valence-corrected chi connectivity index (χ4v) is 3.01. The number of hydrogen-bond acceptors (Lipinski definition) is 5. The lowest BCUT2D eigenvalue weighted by Gasteiger charge is -2.34. The minimum absolute atomic E-state index is 0.0946. The van der Waals surface area contributed by atoms with Crippen LogP contribution in [-0.4, -0.2) is 38.2 Å². The zero-order chi connectivity index (χ0) is 15.3. The van der Waals surface area contributed by atoms with E-state index in [0.717, 1.165) is 5.56 Å². The molecule has 0 unspecified atom stereocenters. The van der Waals surface area contributed by atoms with Gasteiger partial charge >= 0.3 is 0 Å². The molecule has 2 atom stereocenters. The maximum atomic E-state index is 11.2. The molecule has 2 aromatic rings. The second-order valence-electron chi connectivity index (χ2n) is 4.74. The molecule has 5 nitrogen and oxygen atoms in total. The van der Waals surface area contributed by atoms with Crippen LogP contribution in [0.2, 0.25) is 5.02 Å². The predicted octanol–water partition coefficient (Wildman–Crippen LogP) is 2.54. The van der Waals surface area contributed by atoms with Gasteiger partial charge in [0.2, 0.25) is 0 Å². The molecule has 0 radical (unpaired) electrons. The lowest BCUT2D eigenvalue weighted by atomic mass is 9.90. The van der Waals surface area contributed by atoms with Crippen LogP contribution in [-0.2, 0) is 16.9 Å². The number of rotatable bonds is 7. The summed E-state index contributed by atoms with van der Waals surface area (Å²) in [6, 6.07) is 7.22. The highest BCUT2D eigenvalue weighted by Crippen LogP contribution is 2.35. The van der Waals surface area contributed by atoms with Crippen LogP contribution in [0.5, 0.6) is 0 Å². The molecule has 114 valence electrons. The number of benzene rings is 1. The van der Waals surface area contributed by atoms with Crippen LogP contribution >= 0.6 is 23.4 Å². The Kier molecular flexibility index (Phi) is 5.64. The van der Waals surface area contributed by atoms with E-state index >= 15 is 0 Å². The van der Waals surface area contributed by atoms with Crippen molar-refractivity contribution in [2.75, 3.05) is 13.0 Å². The Labute approximate surface area is 133 Å². The molecule has 0 saturated heterocycles. The number of thioether (sulfide) groups is 1. The SMILES string of the molecule is COCS[C@H](C)[C@](O)(Cn1cncn1)c1ccc(Cl)cc1. The third-order valence-electron chi connectivity index (χ3n) is 3.32. The van der Waals surface area contributed by atoms with Crippen LogP contribution in [0.3, 0.4) is 0 Å². The Balaban J connectivity index is 2.30. The highest BCUT2D eigenvalue weighted by atomic mass is 35.5. The van der Waals surface area contributed by atoms with Crippen molar-refractivity contribution in [2.45, 2.75) is 24.3 Å². The molecular formula is C14H18ClN3O2S. The zero-order valence-electron chi connectivity index (χ0n) is 11.9. The molecule has 0 saturated carbocycles. The van der Waals surface area contributed by atoms with Crippen molar-refractivity contribution in [3.8, 4) is 0 Å². The third-order valence-corrected chi connectivity index (χ3v) is 4.84. The molecule has 1 aromatic carbocycles. The fraction of sp³-hybridized carbons (Fsp3) is 0.429. The van der Waals surface area contributed by atoms with Crippen LogP contribution in [0.25, 0.3) is 0 Å². The number of aliphatic hydroxyl groups is 1. The summed E-state index contributed by atoms with van der Waals surface area (Å²) in [7, 11) is 1.64. The first-order chi connectivity index (χ1) is 10.1. The summed E-state index contributed by atoms with van der Waals surface area (Å²) in [6.45, 7) is 2.28. The van der Waals surface area contributed by atoms with Gasteiger partial charge in [-0.15, -0.1) is 11.8 Å². The van der Waals surface area contributed by atoms with Gasteiger partial charge in [0.15, 0.2) is 0 Å². The van der Waals surface area contributed by atoms with Gasteiger partial charge in [0.25, 0.3) is 0 Å². The summed E-state index contributed by atoms with van der Waals surface area (Å²) in [6.07, 6.45) is 3.05. The monoisotopic (exact) mass is 327 g/mol. The van der Waals surface area contributed by atoms with Crippen molar-refractivity contribution in [2.24, 2.45) is 0 Å². The second kappa shape index (κ2) is 7.26. The predicted molar refractivity (Wildman–Crippen MR) is 84.3 cm³/mol. The van der Waals surface area contributed by atoms with E-state index in [4.69, 9.17) is 16.3 Å². The number of halogens is 1. The van der Waals surface area contributed by atoms with E-state index in [0.29, 0.717) is 17.5 Å². The van der Waals surface area contributed by atoms with Gasteiger partial charge in [0.1, 0.15) is 18.3 Å². The molecule has 0 bridgehead atoms. The molecule has 0 amide bonds. The van der Waals surface area contributed by atoms with Gasteiger partial charge in [-0.05, 0) is 17.7 Å². The van der Waals surface area contributed by atoms with Gasteiger partial charge in [-0.1, -0.05) is 30.7 Å². The Bertz CT molecular complexity index is 550. The van der Waals surface area contributed by atoms with Crippen molar-refractivity contribution in [1.29, 1.82) is 0 Å². The molecule has 21 heavy (non-hydrogen) atoms. The number of aromatic nitrogens is 3. The maximum Gasteiger partial charge on any atom is 0.137 e. The van der Waals surface area contributed by atoms with Gasteiger partial charge in [0.05, 0.1) is 12.5 Å². The summed E-state index contributed by atoms with van der Waals surface area (Å²) >= 11 is 7.47. The van der Waals surface area contributed by atoms with Gasteiger partial charge < -0.3 is 9.84 Å². The lowest BCUT2D eigenvalue weighted by molar-refractivity contribution is 0.0163. The Hall–Kier alpha value is -1.08. The molecule has 0 aliphatic rings. The molecular weight excluding hydrogens is 310 g/mol. The van der Waals surface area contributed by atoms with Crippen LogP contribution in [0.4, 0.5) is 0 Å². The molecule has 0 aliphatic heterocycles. The van der Waals surface area contributed by atoms with Crippen LogP contribution < -0.4 is 0 Å². The first kappa shape index (κ1) is 16.3. The number of nitrogens with zero attached hydrogens (tertiary/aromatic N) is 3. The Morgan fingerprint density at radius 2 is 2.14 bits per heavy atom. The number of hydrogen-bond donors (Lipinski definition) is 1. The Morgan fingerprint density at radius 3 is 2.71 bits per heavy atom. The summed E-state index contributed by atoms with van der Waals surface area (Å²) in [5.41, 5.74) is -0.305. The van der Waals surface area contributed by atoms with Crippen molar-refractivity contribution in [3.63, 3.8) is 0 Å². The van der Waals surface area contributed by atoms with Crippen molar-refractivity contribution < 1.29 is 9.84 Å². The minimum Gasteiger partial charge on any atom is -0.382 e. The fourth-order valence-electron chi connectivity index (χ4n) is 2.06. The molecule has 0 aliphatic carbocycles. The molecule has 1 N–H and O–H groups in total. The average Bonchev–Trinajstić information content (AvgIpc) is 2.97. The number of methoxy groups -OCH3 is 1. The highest BCUT2D eigenvalue weighted by Gasteiger charge is 2.37. The molecule has 2 rings (SSSR count). The van der Waals surface area contributed by atoms with Crippen LogP contribution in [0.15, 0.2) is 36.9 Å². The van der Waals surface area contributed by atoms with E-state index in [1.165, 1.54) is 18.1 Å². The summed E-state index contributed by atoms with van der Waals surface area (Å²) in [4.78, 5) is 3.92. The largest absolute Gasteiger partial charge is 0.382 e. The Morgan fingerprint density at radius 1 is 1.43 bits per heavy atom. The van der Waals surface area contributed by atoms with E-state index in [2.05, 4.69) is 10.1 Å². The van der Waals surface area contributed by atoms with Crippen LogP contribution in [0.1, 0.15) is 12.5 Å². The smallest absolute Gasteiger partial charge is 0.137 e. The van der Waals surface area contributed by atoms with Crippen LogP contribution in [0, 0.1) is 0 Å². The topological polar surface area (TPSA) is 60.2 Å². The van der Waals surface area contributed by atoms with Gasteiger partial charge in [0, 0.05) is 17.4 Å². The highest BCUT2D eigenvalue weighted by molar-refractivity contribution is 7.99. The van der Waals surface area contributed by atoms with Crippen molar-refractivity contribution >= 4 is 23.4 Å². The molecule has 1 aromatic heterocycles. The maximum absolute atomic E-state index is 11.2. The quantitative estimate of drug-likeness (QED) is 0.792. The van der Waals surface area contributed by atoms with Gasteiger partial charge in [-0.2, -0.15) is 5.10 Å². The normalized spacial score (nSPS) is 15.6. The van der Waals surface area contributed by atoms with E-state index in [9.17, 15) is 5.11 Å². The van der Waals surface area contributed by atoms with Crippen molar-refractivity contribution in [3.05, 3.63) is 47.5 Å². The van der Waals surface area contributed by atoms with E-state index < -0.39 is 5.60 Å². The first-order valence-corrected chi connectivity index (χ1v) is 7.90. The molecule has 0 spiro atoms. The van der Waals surface area contributed by atoms with E-state index in [1.54, 1.807) is 30.3 Å². The third kappa shape index (κ3) is 3.97. The molecule has 0 fully saturated rings. The summed E-state index contributed by atoms with van der Waals surface area (Å²) in [5, 5.41) is 15.9. The zero-order valence-corrected chi connectivity index (χ0v) is 13.5. The first-order valence-electron chi connectivity index (χ1n) is 6.47. The van der Waals surface area contributed by atoms with E-state index in [1.807, 2.05) is 19.1 Å². The summed E-state index contributed by atoms with van der Waals surface area (Å²) in [5.74, 6) is 0.508. The van der Waals surface area contributed by atoms with E-state index in [-0.39, 0.29) is 5.25 Å². The second-order valence-corrected chi connectivity index (χ2v) is 6.45. The van der Waals surface area contributed by atoms with Gasteiger partial charge in [-0.3, -0.25) is 0 Å². The lowest BCUT2D eigenvalue weighted by Crippen LogP contribution is -2.40.